The van der Waals surface area contributed by atoms with E-state index in [1.54, 1.807) is 0 Å². The minimum absolute atomic E-state index is 0.0463. The molecular weight excluding hydrogens is 122 g/mol. The molecule has 0 spiro atoms. The molecule has 0 aliphatic rings. The lowest BCUT2D eigenvalue weighted by atomic mass is 11.7. The van der Waals surface area contributed by atoms with Crippen LogP contribution >= 0.6 is 12.2 Å². The number of thiol groups is 1. The van der Waals surface area contributed by atoms with Gasteiger partial charge in [-0.25, -0.2) is 0 Å². The van der Waals surface area contributed by atoms with E-state index in [4.69, 9.17) is 10.3 Å². The van der Waals surface area contributed by atoms with Crippen molar-refractivity contribution in [3.8, 4) is 0 Å². The van der Waals surface area contributed by atoms with Crippen molar-refractivity contribution in [1.82, 2.24) is 0 Å². The fourth-order valence-electron chi connectivity index (χ4n) is 0.0383. The molecule has 0 unspecified atom stereocenters. The third-order valence-corrected chi connectivity index (χ3v) is 0.636. The Labute approximate surface area is 43.7 Å². The molecule has 0 heterocycles. The Hall–Kier alpha value is -0.0000000000000000555. The highest BCUT2D eigenvalue weighted by Gasteiger charge is 1.72. The van der Waals surface area contributed by atoms with Crippen LogP contribution in [0.5, 0.6) is 0 Å². The monoisotopic (exact) mass is 125 g/mol. The second kappa shape index (κ2) is 3.20. The van der Waals surface area contributed by atoms with Crippen LogP contribution in [0, 0.1) is 0 Å². The fourth-order valence-corrected chi connectivity index (χ4v) is 0.224. The summed E-state index contributed by atoms with van der Waals surface area (Å²) in [6.45, 7) is 0. The van der Waals surface area contributed by atoms with Crippen LogP contribution in [0.15, 0.2) is 4.53 Å². The summed E-state index contributed by atoms with van der Waals surface area (Å²) in [5.41, 5.74) is 0. The van der Waals surface area contributed by atoms with Crippen LogP contribution in [0.2, 0.25) is 0 Å². The number of hydrogen-bond acceptors (Lipinski definition) is 2. The van der Waals surface area contributed by atoms with Gasteiger partial charge in [-0.05, 0) is 23.8 Å². The first-order valence-electron chi connectivity index (χ1n) is 1.05. The number of thiocarbonyl (C=S) groups is 1. The van der Waals surface area contributed by atoms with Crippen molar-refractivity contribution in [3.05, 3.63) is 0 Å². The summed E-state index contributed by atoms with van der Waals surface area (Å²) in [5, 5.41) is 15.6. The third-order valence-electron chi connectivity index (χ3n) is 0.130. The summed E-state index contributed by atoms with van der Waals surface area (Å²) in [6.07, 6.45) is 0. The van der Waals surface area contributed by atoms with Gasteiger partial charge in [0.1, 0.15) is 0 Å². The minimum atomic E-state index is -0.322. The van der Waals surface area contributed by atoms with E-state index in [0.717, 1.165) is 0 Å². The number of hydrogen-bond donors (Lipinski definition) is 3. The van der Waals surface area contributed by atoms with Crippen molar-refractivity contribution >= 4 is 28.2 Å². The van der Waals surface area contributed by atoms with Gasteiger partial charge in [-0.2, -0.15) is 0 Å². The molecule has 0 fully saturated rings. The molecule has 0 aromatic heterocycles. The number of aliphatic hydroxyl groups excluding tert-OH is 1. The molecular formula is CH3NO2S2. The maximum Gasteiger partial charge on any atom is 0.227 e. The Morgan fingerprint density at radius 1 is 1.83 bits per heavy atom. The van der Waals surface area contributed by atoms with Crippen LogP contribution in [-0.4, -0.2) is 14.7 Å². The zero-order chi connectivity index (χ0) is 4.99. The Morgan fingerprint density at radius 3 is 2.33 bits per heavy atom. The third kappa shape index (κ3) is 4.00. The van der Waals surface area contributed by atoms with Crippen molar-refractivity contribution in [2.45, 2.75) is 0 Å². The van der Waals surface area contributed by atoms with E-state index in [0.29, 0.717) is 0 Å². The summed E-state index contributed by atoms with van der Waals surface area (Å²) in [7, 11) is 0. The lowest BCUT2D eigenvalue weighted by Crippen LogP contribution is -1.82. The van der Waals surface area contributed by atoms with E-state index in [-0.39, 0.29) is 15.9 Å². The van der Waals surface area contributed by atoms with E-state index in [1.165, 1.54) is 0 Å². The second-order valence-electron chi connectivity index (χ2n) is 0.472. The van der Waals surface area contributed by atoms with Gasteiger partial charge in [-0.3, -0.25) is 5.21 Å². The Balaban J connectivity index is 3.30. The highest BCUT2D eigenvalue weighted by molar-refractivity contribution is 8.03. The topological polar surface area (TPSA) is 52.8 Å². The zero-order valence-electron chi connectivity index (χ0n) is 2.70. The number of rotatable bonds is 0. The fraction of sp³-hybridized carbons (Fsp3) is 0. The summed E-state index contributed by atoms with van der Waals surface area (Å²) in [6, 6.07) is 0. The van der Waals surface area contributed by atoms with Crippen LogP contribution in [-0.2, 0) is 11.6 Å². The van der Waals surface area contributed by atoms with Gasteiger partial charge in [-0.1, -0.05) is 0 Å². The van der Waals surface area contributed by atoms with Gasteiger partial charge in [-0.15, -0.1) is 4.53 Å². The molecule has 0 atom stereocenters. The predicted octanol–water partition coefficient (Wildman–Crippen LogP) is 0.217. The first kappa shape index (κ1) is 6.00. The van der Waals surface area contributed by atoms with Crippen LogP contribution in [0.3, 0.4) is 0 Å². The van der Waals surface area contributed by atoms with E-state index in [1.807, 2.05) is 0 Å². The number of nitrogens with zero attached hydrogens (tertiary/aromatic N) is 1. The lowest BCUT2D eigenvalue weighted by molar-refractivity contribution is 0.330. The van der Waals surface area contributed by atoms with Crippen molar-refractivity contribution in [2.75, 3.05) is 0 Å². The maximum atomic E-state index is 8.02. The molecule has 0 rings (SSSR count). The van der Waals surface area contributed by atoms with E-state index < -0.39 is 0 Å². The predicted molar refractivity (Wildman–Crippen MR) is 28.2 cm³/mol. The summed E-state index contributed by atoms with van der Waals surface area (Å²) < 4.78 is 2.19. The minimum Gasteiger partial charge on any atom is -0.494 e. The molecule has 0 bridgehead atoms. The molecule has 0 aliphatic carbocycles. The quantitative estimate of drug-likeness (QED) is 0.246. The molecule has 0 saturated carbocycles. The molecule has 2 N–H and O–H groups in total. The van der Waals surface area contributed by atoms with Crippen molar-refractivity contribution < 1.29 is 10.3 Å². The molecule has 36 valence electrons. The van der Waals surface area contributed by atoms with Gasteiger partial charge in [0, 0.05) is 0 Å². The Bertz CT molecular complexity index is 79.6. The van der Waals surface area contributed by atoms with Gasteiger partial charge in [0.25, 0.3) is 0 Å². The largest absolute Gasteiger partial charge is 0.494 e. The average Bonchev–Trinajstić information content (AvgIpc) is 1.35. The first-order valence-corrected chi connectivity index (χ1v) is 2.31. The maximum absolute atomic E-state index is 8.02. The normalized spacial score (nSPS) is 10.8. The van der Waals surface area contributed by atoms with E-state index in [9.17, 15) is 0 Å². The van der Waals surface area contributed by atoms with Crippen molar-refractivity contribution in [1.29, 1.82) is 0 Å². The van der Waals surface area contributed by atoms with E-state index in [2.05, 4.69) is 16.7 Å². The van der Waals surface area contributed by atoms with E-state index >= 15 is 0 Å². The molecule has 0 saturated heterocycles. The van der Waals surface area contributed by atoms with Crippen LogP contribution in [0.1, 0.15) is 0 Å². The molecule has 6 heavy (non-hydrogen) atoms. The summed E-state index contributed by atoms with van der Waals surface area (Å²) >= 11 is 4.13. The van der Waals surface area contributed by atoms with Crippen molar-refractivity contribution in [2.24, 2.45) is 4.53 Å². The van der Waals surface area contributed by atoms with Gasteiger partial charge in [0.2, 0.25) is 4.38 Å². The Morgan fingerprint density at radius 2 is 2.33 bits per heavy atom. The molecule has 0 amide bonds. The standard InChI is InChI=1S/CH3NO2S2/c3-1(5)6-2-4/h4,6H,(H,3,5). The van der Waals surface area contributed by atoms with Gasteiger partial charge >= 0.3 is 0 Å². The summed E-state index contributed by atoms with van der Waals surface area (Å²) in [5.74, 6) is 0. The van der Waals surface area contributed by atoms with Crippen LogP contribution < -0.4 is 0 Å². The lowest BCUT2D eigenvalue weighted by Gasteiger charge is -1.72. The van der Waals surface area contributed by atoms with Gasteiger partial charge < -0.3 is 5.11 Å². The SMILES string of the molecule is ON=[SH]C(O)=S. The van der Waals surface area contributed by atoms with Crippen LogP contribution in [0.4, 0.5) is 0 Å². The van der Waals surface area contributed by atoms with Gasteiger partial charge in [0.05, 0.1) is 0 Å². The smallest absolute Gasteiger partial charge is 0.227 e. The molecule has 0 aromatic rings. The average molecular weight is 125 g/mol. The van der Waals surface area contributed by atoms with Crippen LogP contribution in [0.25, 0.3) is 0 Å². The second-order valence-corrected chi connectivity index (χ2v) is 1.96. The number of aliphatic hydroxyl groups is 1. The molecule has 3 nitrogen and oxygen atoms in total. The highest BCUT2D eigenvalue weighted by atomic mass is 32.2. The molecule has 5 heteroatoms. The zero-order valence-corrected chi connectivity index (χ0v) is 4.41. The van der Waals surface area contributed by atoms with Crippen molar-refractivity contribution in [3.63, 3.8) is 0 Å². The molecule has 0 radical (unpaired) electrons. The summed E-state index contributed by atoms with van der Waals surface area (Å²) in [4.78, 5) is 0. The van der Waals surface area contributed by atoms with Gasteiger partial charge in [0.15, 0.2) is 0 Å². The Kier molecular flexibility index (Phi) is 3.20. The molecule has 0 aliphatic heterocycles. The molecule has 0 aromatic carbocycles. The first-order chi connectivity index (χ1) is 2.77. The highest BCUT2D eigenvalue weighted by Crippen LogP contribution is 1.64.